The molecule has 0 spiro atoms. The Morgan fingerprint density at radius 2 is 2.12 bits per heavy atom. The van der Waals surface area contributed by atoms with Crippen LogP contribution >= 0.6 is 0 Å². The normalized spacial score (nSPS) is 11.2. The molecule has 0 aromatic rings. The molecule has 0 N–H and O–H groups in total. The van der Waals surface area contributed by atoms with Crippen LogP contribution in [0.2, 0.25) is 0 Å². The molecule has 0 bridgehead atoms. The molecule has 2 nitrogen and oxygen atoms in total. The molecule has 0 fully saturated rings. The van der Waals surface area contributed by atoms with E-state index in [-0.39, 0.29) is 12.8 Å². The third-order valence-electron chi connectivity index (χ3n) is 0.586. The lowest BCUT2D eigenvalue weighted by atomic mass is 10.5. The highest BCUT2D eigenvalue weighted by atomic mass is 19.2. The molecule has 50 valence electrons. The zero-order valence-electron chi connectivity index (χ0n) is 5.52. The van der Waals surface area contributed by atoms with E-state index in [0.717, 1.165) is 0 Å². The zero-order chi connectivity index (χ0) is 6.57. The van der Waals surface area contributed by atoms with Crippen LogP contribution in [0.25, 0.3) is 0 Å². The summed E-state index contributed by atoms with van der Waals surface area (Å²) >= 11 is 0. The fraction of sp³-hybridized carbons (Fsp3) is 1.00. The average Bonchev–Trinajstić information content (AvgIpc) is 1.61. The zero-order valence-corrected chi connectivity index (χ0v) is 5.52. The van der Waals surface area contributed by atoms with Gasteiger partial charge in [-0.3, -0.25) is 0 Å². The minimum atomic E-state index is 0.0532. The van der Waals surface area contributed by atoms with Crippen molar-refractivity contribution in [3.8, 4) is 0 Å². The predicted octanol–water partition coefficient (Wildman–Crippen LogP) is 1.19. The van der Waals surface area contributed by atoms with Gasteiger partial charge in [-0.25, -0.2) is 0 Å². The van der Waals surface area contributed by atoms with Crippen LogP contribution in [-0.2, 0) is 4.74 Å². The van der Waals surface area contributed by atoms with Crippen molar-refractivity contribution < 1.29 is 9.22 Å². The topological polar surface area (TPSA) is 12.5 Å². The minimum absolute atomic E-state index is 0.0532. The fourth-order valence-corrected chi connectivity index (χ4v) is 0.252. The first-order valence-electron chi connectivity index (χ1n) is 2.61. The summed E-state index contributed by atoms with van der Waals surface area (Å²) in [4.78, 5) is 0. The molecular formula is C5H12FNO. The van der Waals surface area contributed by atoms with Gasteiger partial charge in [0, 0.05) is 7.05 Å². The van der Waals surface area contributed by atoms with Crippen LogP contribution in [0.5, 0.6) is 0 Å². The van der Waals surface area contributed by atoms with E-state index in [9.17, 15) is 4.48 Å². The summed E-state index contributed by atoms with van der Waals surface area (Å²) in [5, 5.41) is 0.500. The standard InChI is InChI=1S/C5H12FNO/c1-5(2)8-4-7(3)6/h5H,4H2,1-3H3. The van der Waals surface area contributed by atoms with Crippen LogP contribution in [0.1, 0.15) is 13.8 Å². The van der Waals surface area contributed by atoms with Crippen LogP contribution in [0.4, 0.5) is 4.48 Å². The molecule has 0 atom stereocenters. The molecule has 0 aliphatic rings. The highest BCUT2D eigenvalue weighted by Crippen LogP contribution is 1.89. The molecule has 0 saturated carbocycles. The Labute approximate surface area is 49.2 Å². The van der Waals surface area contributed by atoms with Gasteiger partial charge in [-0.15, -0.1) is 9.60 Å². The summed E-state index contributed by atoms with van der Waals surface area (Å²) < 4.78 is 16.6. The van der Waals surface area contributed by atoms with Crippen molar-refractivity contribution in [1.82, 2.24) is 5.12 Å². The van der Waals surface area contributed by atoms with Crippen molar-refractivity contribution in [3.05, 3.63) is 0 Å². The summed E-state index contributed by atoms with van der Waals surface area (Å²) in [6, 6.07) is 0. The maximum atomic E-state index is 11.8. The van der Waals surface area contributed by atoms with E-state index in [2.05, 4.69) is 0 Å². The molecule has 0 aromatic heterocycles. The van der Waals surface area contributed by atoms with Crippen molar-refractivity contribution in [1.29, 1.82) is 0 Å². The van der Waals surface area contributed by atoms with Gasteiger partial charge in [-0.1, -0.05) is 0 Å². The van der Waals surface area contributed by atoms with E-state index in [1.165, 1.54) is 7.05 Å². The quantitative estimate of drug-likeness (QED) is 0.410. The Balaban J connectivity index is 2.93. The average molecular weight is 121 g/mol. The van der Waals surface area contributed by atoms with Crippen LogP contribution in [0.3, 0.4) is 0 Å². The van der Waals surface area contributed by atoms with E-state index in [0.29, 0.717) is 5.12 Å². The molecule has 0 amide bonds. The SMILES string of the molecule is CC(C)OCN(C)F. The highest BCUT2D eigenvalue weighted by molar-refractivity contribution is 4.31. The maximum absolute atomic E-state index is 11.8. The molecule has 0 saturated heterocycles. The lowest BCUT2D eigenvalue weighted by Gasteiger charge is -2.08. The second-order valence-electron chi connectivity index (χ2n) is 1.95. The summed E-state index contributed by atoms with van der Waals surface area (Å²) in [7, 11) is 1.32. The number of hydrogen-bond donors (Lipinski definition) is 0. The summed E-state index contributed by atoms with van der Waals surface area (Å²) in [6.07, 6.45) is 0.105. The molecule has 0 rings (SSSR count). The van der Waals surface area contributed by atoms with Gasteiger partial charge in [-0.05, 0) is 13.8 Å². The summed E-state index contributed by atoms with van der Waals surface area (Å²) in [6.45, 7) is 3.78. The monoisotopic (exact) mass is 121 g/mol. The van der Waals surface area contributed by atoms with E-state index >= 15 is 0 Å². The lowest BCUT2D eigenvalue weighted by Crippen LogP contribution is -2.15. The Bertz CT molecular complexity index is 48.4. The first-order valence-corrected chi connectivity index (χ1v) is 2.61. The molecule has 3 heteroatoms. The second-order valence-corrected chi connectivity index (χ2v) is 1.95. The Morgan fingerprint density at radius 3 is 2.25 bits per heavy atom. The van der Waals surface area contributed by atoms with Crippen LogP contribution < -0.4 is 0 Å². The molecule has 0 unspecified atom stereocenters. The summed E-state index contributed by atoms with van der Waals surface area (Å²) in [5.74, 6) is 0. The van der Waals surface area contributed by atoms with Crippen LogP contribution in [-0.4, -0.2) is 25.0 Å². The van der Waals surface area contributed by atoms with Crippen molar-refractivity contribution in [2.24, 2.45) is 0 Å². The Kier molecular flexibility index (Phi) is 3.73. The summed E-state index contributed by atoms with van der Waals surface area (Å²) in [5.41, 5.74) is 0. The van der Waals surface area contributed by atoms with Gasteiger partial charge >= 0.3 is 0 Å². The number of halogens is 1. The van der Waals surface area contributed by atoms with E-state index in [4.69, 9.17) is 4.74 Å². The minimum Gasteiger partial charge on any atom is -0.361 e. The van der Waals surface area contributed by atoms with Gasteiger partial charge in [0.25, 0.3) is 0 Å². The molecular weight excluding hydrogens is 109 g/mol. The van der Waals surface area contributed by atoms with Gasteiger partial charge in [0.05, 0.1) is 6.10 Å². The smallest absolute Gasteiger partial charge is 0.127 e. The van der Waals surface area contributed by atoms with Crippen molar-refractivity contribution in [3.63, 3.8) is 0 Å². The van der Waals surface area contributed by atoms with Crippen molar-refractivity contribution in [2.45, 2.75) is 20.0 Å². The lowest BCUT2D eigenvalue weighted by molar-refractivity contribution is -0.0835. The Morgan fingerprint density at radius 1 is 1.62 bits per heavy atom. The van der Waals surface area contributed by atoms with Gasteiger partial charge in [-0.2, -0.15) is 0 Å². The molecule has 0 aromatic carbocycles. The fourth-order valence-electron chi connectivity index (χ4n) is 0.252. The number of ether oxygens (including phenoxy) is 1. The molecule has 0 aliphatic heterocycles. The van der Waals surface area contributed by atoms with Gasteiger partial charge in [0.1, 0.15) is 6.73 Å². The first kappa shape index (κ1) is 7.85. The van der Waals surface area contributed by atoms with Crippen molar-refractivity contribution in [2.75, 3.05) is 13.8 Å². The predicted molar refractivity (Wildman–Crippen MR) is 30.0 cm³/mol. The van der Waals surface area contributed by atoms with Gasteiger partial charge in [0.15, 0.2) is 0 Å². The Hall–Kier alpha value is -0.150. The van der Waals surface area contributed by atoms with E-state index in [1.54, 1.807) is 0 Å². The van der Waals surface area contributed by atoms with Gasteiger partial charge < -0.3 is 4.74 Å². The third-order valence-corrected chi connectivity index (χ3v) is 0.586. The second kappa shape index (κ2) is 3.80. The molecule has 0 radical (unpaired) electrons. The number of rotatable bonds is 3. The third kappa shape index (κ3) is 5.85. The first-order chi connectivity index (χ1) is 3.63. The van der Waals surface area contributed by atoms with Crippen LogP contribution in [0, 0.1) is 0 Å². The largest absolute Gasteiger partial charge is 0.361 e. The van der Waals surface area contributed by atoms with E-state index in [1.807, 2.05) is 13.8 Å². The van der Waals surface area contributed by atoms with E-state index < -0.39 is 0 Å². The highest BCUT2D eigenvalue weighted by Gasteiger charge is 1.94. The van der Waals surface area contributed by atoms with Crippen molar-refractivity contribution >= 4 is 0 Å². The molecule has 0 aliphatic carbocycles. The molecule has 8 heavy (non-hydrogen) atoms. The maximum Gasteiger partial charge on any atom is 0.127 e. The van der Waals surface area contributed by atoms with Gasteiger partial charge in [0.2, 0.25) is 0 Å². The number of hydrogen-bond acceptors (Lipinski definition) is 2. The van der Waals surface area contributed by atoms with Crippen LogP contribution in [0.15, 0.2) is 0 Å². The number of nitrogens with zero attached hydrogens (tertiary/aromatic N) is 1. The molecule has 0 heterocycles.